The van der Waals surface area contributed by atoms with E-state index in [2.05, 4.69) is 47.6 Å². The van der Waals surface area contributed by atoms with Gasteiger partial charge in [0.15, 0.2) is 16.7 Å². The summed E-state index contributed by atoms with van der Waals surface area (Å²) in [5.74, 6) is 2.12. The third kappa shape index (κ3) is 4.20. The van der Waals surface area contributed by atoms with Crippen LogP contribution in [0.3, 0.4) is 0 Å². The monoisotopic (exact) mass is 438 g/mol. The van der Waals surface area contributed by atoms with Crippen LogP contribution in [0.15, 0.2) is 53.3 Å². The SMILES string of the molecule is COc1ccc(-c2nc(CSc3nncn3-c3ccc(C)cc3C)cs2)cc1OC. The first-order valence-corrected chi connectivity index (χ1v) is 11.2. The molecule has 0 N–H and O–H groups in total. The zero-order valence-corrected chi connectivity index (χ0v) is 18.9. The van der Waals surface area contributed by atoms with Gasteiger partial charge in [0, 0.05) is 16.7 Å². The Labute approximate surface area is 183 Å². The average molecular weight is 439 g/mol. The van der Waals surface area contributed by atoms with Gasteiger partial charge in [-0.1, -0.05) is 29.5 Å². The number of aryl methyl sites for hydroxylation is 2. The molecule has 0 aliphatic heterocycles. The highest BCUT2D eigenvalue weighted by Crippen LogP contribution is 2.34. The molecule has 0 saturated carbocycles. The van der Waals surface area contributed by atoms with E-state index in [0.717, 1.165) is 27.1 Å². The van der Waals surface area contributed by atoms with Crippen molar-refractivity contribution in [2.45, 2.75) is 24.8 Å². The Morgan fingerprint density at radius 3 is 2.63 bits per heavy atom. The van der Waals surface area contributed by atoms with E-state index in [4.69, 9.17) is 14.5 Å². The lowest BCUT2D eigenvalue weighted by molar-refractivity contribution is 0.355. The third-order valence-electron chi connectivity index (χ3n) is 4.66. The van der Waals surface area contributed by atoms with Gasteiger partial charge in [-0.05, 0) is 43.7 Å². The third-order valence-corrected chi connectivity index (χ3v) is 6.58. The number of benzene rings is 2. The molecule has 4 rings (SSSR count). The van der Waals surface area contributed by atoms with Gasteiger partial charge in [0.1, 0.15) is 11.3 Å². The van der Waals surface area contributed by atoms with Crippen LogP contribution in [0.1, 0.15) is 16.8 Å². The fraction of sp³-hybridized carbons (Fsp3) is 0.227. The van der Waals surface area contributed by atoms with Gasteiger partial charge in [-0.3, -0.25) is 4.57 Å². The summed E-state index contributed by atoms with van der Waals surface area (Å²) in [7, 11) is 3.27. The summed E-state index contributed by atoms with van der Waals surface area (Å²) in [5, 5.41) is 12.3. The van der Waals surface area contributed by atoms with Crippen molar-refractivity contribution >= 4 is 23.1 Å². The van der Waals surface area contributed by atoms with Gasteiger partial charge in [-0.15, -0.1) is 21.5 Å². The fourth-order valence-corrected chi connectivity index (χ4v) is 4.91. The number of methoxy groups -OCH3 is 2. The van der Waals surface area contributed by atoms with E-state index in [-0.39, 0.29) is 0 Å². The minimum Gasteiger partial charge on any atom is -0.493 e. The maximum absolute atomic E-state index is 5.40. The Balaban J connectivity index is 1.50. The lowest BCUT2D eigenvalue weighted by Crippen LogP contribution is -1.98. The van der Waals surface area contributed by atoms with Crippen LogP contribution in [-0.2, 0) is 5.75 Å². The van der Waals surface area contributed by atoms with E-state index in [1.165, 1.54) is 11.1 Å². The van der Waals surface area contributed by atoms with E-state index < -0.39 is 0 Å². The molecule has 4 aromatic rings. The summed E-state index contributed by atoms with van der Waals surface area (Å²) < 4.78 is 12.7. The quantitative estimate of drug-likeness (QED) is 0.364. The molecular weight excluding hydrogens is 416 g/mol. The molecule has 2 aromatic carbocycles. The number of aromatic nitrogens is 4. The van der Waals surface area contributed by atoms with E-state index in [1.807, 2.05) is 22.8 Å². The van der Waals surface area contributed by atoms with Crippen molar-refractivity contribution in [1.82, 2.24) is 19.7 Å². The molecule has 0 aliphatic rings. The fourth-order valence-electron chi connectivity index (χ4n) is 3.18. The molecule has 30 heavy (non-hydrogen) atoms. The summed E-state index contributed by atoms with van der Waals surface area (Å²) in [4.78, 5) is 4.79. The van der Waals surface area contributed by atoms with Crippen molar-refractivity contribution in [3.8, 4) is 27.8 Å². The molecule has 2 heterocycles. The topological polar surface area (TPSA) is 62.1 Å². The first-order valence-electron chi connectivity index (χ1n) is 9.36. The Kier molecular flexibility index (Phi) is 6.06. The number of thioether (sulfide) groups is 1. The van der Waals surface area contributed by atoms with E-state index in [1.54, 1.807) is 43.6 Å². The highest BCUT2D eigenvalue weighted by Gasteiger charge is 2.13. The van der Waals surface area contributed by atoms with Crippen LogP contribution in [0.5, 0.6) is 11.5 Å². The molecule has 0 unspecified atom stereocenters. The first kappa shape index (κ1) is 20.4. The molecule has 0 aliphatic carbocycles. The summed E-state index contributed by atoms with van der Waals surface area (Å²) in [5.41, 5.74) is 5.54. The lowest BCUT2D eigenvalue weighted by atomic mass is 10.1. The smallest absolute Gasteiger partial charge is 0.196 e. The van der Waals surface area contributed by atoms with Gasteiger partial charge in [-0.2, -0.15) is 0 Å². The number of ether oxygens (including phenoxy) is 2. The predicted octanol–water partition coefficient (Wildman–Crippen LogP) is 5.32. The molecule has 0 amide bonds. The molecule has 0 saturated heterocycles. The first-order chi connectivity index (χ1) is 14.6. The van der Waals surface area contributed by atoms with Crippen LogP contribution in [0, 0.1) is 13.8 Å². The number of hydrogen-bond donors (Lipinski definition) is 0. The normalized spacial score (nSPS) is 10.9. The van der Waals surface area contributed by atoms with Crippen LogP contribution in [0.25, 0.3) is 16.3 Å². The molecule has 6 nitrogen and oxygen atoms in total. The second-order valence-corrected chi connectivity index (χ2v) is 8.58. The van der Waals surface area contributed by atoms with Gasteiger partial charge in [0.2, 0.25) is 0 Å². The number of nitrogens with zero attached hydrogens (tertiary/aromatic N) is 4. The van der Waals surface area contributed by atoms with Crippen molar-refractivity contribution in [2.24, 2.45) is 0 Å². The molecule has 2 aromatic heterocycles. The lowest BCUT2D eigenvalue weighted by Gasteiger charge is -2.09. The van der Waals surface area contributed by atoms with Gasteiger partial charge < -0.3 is 9.47 Å². The summed E-state index contributed by atoms with van der Waals surface area (Å²) >= 11 is 3.24. The summed E-state index contributed by atoms with van der Waals surface area (Å²) in [6.07, 6.45) is 1.76. The molecule has 154 valence electrons. The second kappa shape index (κ2) is 8.89. The van der Waals surface area contributed by atoms with E-state index in [0.29, 0.717) is 17.3 Å². The van der Waals surface area contributed by atoms with Crippen molar-refractivity contribution in [3.63, 3.8) is 0 Å². The molecular formula is C22H22N4O2S2. The predicted molar refractivity (Wildman–Crippen MR) is 121 cm³/mol. The van der Waals surface area contributed by atoms with Crippen molar-refractivity contribution in [1.29, 1.82) is 0 Å². The molecule has 0 fully saturated rings. The zero-order chi connectivity index (χ0) is 21.1. The molecule has 8 heteroatoms. The van der Waals surface area contributed by atoms with E-state index >= 15 is 0 Å². The van der Waals surface area contributed by atoms with Crippen molar-refractivity contribution in [2.75, 3.05) is 14.2 Å². The molecule has 0 radical (unpaired) electrons. The van der Waals surface area contributed by atoms with Gasteiger partial charge >= 0.3 is 0 Å². The summed E-state index contributed by atoms with van der Waals surface area (Å²) in [6, 6.07) is 12.2. The van der Waals surface area contributed by atoms with Crippen LogP contribution in [0.2, 0.25) is 0 Å². The summed E-state index contributed by atoms with van der Waals surface area (Å²) in [6.45, 7) is 4.20. The van der Waals surface area contributed by atoms with Crippen molar-refractivity contribution < 1.29 is 9.47 Å². The molecule has 0 bridgehead atoms. The Hall–Kier alpha value is -2.84. The Bertz CT molecular complexity index is 1170. The zero-order valence-electron chi connectivity index (χ0n) is 17.2. The second-order valence-electron chi connectivity index (χ2n) is 6.78. The highest BCUT2D eigenvalue weighted by atomic mass is 32.2. The van der Waals surface area contributed by atoms with Crippen LogP contribution in [0.4, 0.5) is 0 Å². The Morgan fingerprint density at radius 1 is 1.03 bits per heavy atom. The van der Waals surface area contributed by atoms with Crippen molar-refractivity contribution in [3.05, 3.63) is 64.9 Å². The standard InChI is InChI=1S/C22H22N4O2S2/c1-14-5-7-18(15(2)9-14)26-13-23-25-22(26)30-12-17-11-29-21(24-17)16-6-8-19(27-3)20(10-16)28-4/h5-11,13H,12H2,1-4H3. The largest absolute Gasteiger partial charge is 0.493 e. The highest BCUT2D eigenvalue weighted by molar-refractivity contribution is 7.98. The number of rotatable bonds is 7. The molecule has 0 spiro atoms. The van der Waals surface area contributed by atoms with Gasteiger partial charge in [0.05, 0.1) is 25.6 Å². The van der Waals surface area contributed by atoms with Crippen LogP contribution < -0.4 is 9.47 Å². The van der Waals surface area contributed by atoms with Gasteiger partial charge in [-0.25, -0.2) is 4.98 Å². The van der Waals surface area contributed by atoms with Gasteiger partial charge in [0.25, 0.3) is 0 Å². The minimum atomic E-state index is 0.697. The maximum atomic E-state index is 5.40. The van der Waals surface area contributed by atoms with Crippen LogP contribution in [-0.4, -0.2) is 34.0 Å². The number of thiazole rings is 1. The minimum absolute atomic E-state index is 0.697. The number of hydrogen-bond acceptors (Lipinski definition) is 7. The maximum Gasteiger partial charge on any atom is 0.196 e. The van der Waals surface area contributed by atoms with E-state index in [9.17, 15) is 0 Å². The molecule has 0 atom stereocenters. The average Bonchev–Trinajstić information content (AvgIpc) is 3.41. The Morgan fingerprint density at radius 2 is 1.87 bits per heavy atom. The van der Waals surface area contributed by atoms with Crippen LogP contribution >= 0.6 is 23.1 Å².